The van der Waals surface area contributed by atoms with Gasteiger partial charge in [-0.1, -0.05) is 30.3 Å². The zero-order valence-electron chi connectivity index (χ0n) is 19.5. The Morgan fingerprint density at radius 1 is 1.21 bits per heavy atom. The average molecular weight is 465 g/mol. The van der Waals surface area contributed by atoms with Crippen LogP contribution in [0.3, 0.4) is 0 Å². The first kappa shape index (κ1) is 22.1. The molecule has 7 nitrogen and oxygen atoms in total. The Kier molecular flexibility index (Phi) is 5.97. The minimum absolute atomic E-state index is 0.0444. The summed E-state index contributed by atoms with van der Waals surface area (Å²) in [5.74, 6) is 0.750. The second-order valence-corrected chi connectivity index (χ2v) is 11.1. The minimum Gasteiger partial charge on any atom is -0.360 e. The molecule has 4 heterocycles. The molecule has 1 unspecified atom stereocenters. The van der Waals surface area contributed by atoms with E-state index in [1.54, 1.807) is 17.5 Å². The minimum atomic E-state index is -0.202. The summed E-state index contributed by atoms with van der Waals surface area (Å²) in [4.78, 5) is 21.5. The molecule has 1 aromatic carbocycles. The van der Waals surface area contributed by atoms with Gasteiger partial charge in [0.25, 0.3) is 5.91 Å². The molecule has 33 heavy (non-hydrogen) atoms. The van der Waals surface area contributed by atoms with Crippen LogP contribution >= 0.6 is 11.3 Å². The van der Waals surface area contributed by atoms with Crippen molar-refractivity contribution in [2.24, 2.45) is 0 Å². The second kappa shape index (κ2) is 8.91. The molecule has 1 fully saturated rings. The number of likely N-dealkylation sites (tertiary alicyclic amines) is 1. The maximum absolute atomic E-state index is 13.2. The second-order valence-electron chi connectivity index (χ2n) is 9.85. The topological polar surface area (TPSA) is 75.1 Å². The number of hydrogen-bond donors (Lipinski definition) is 2. The maximum Gasteiger partial charge on any atom is 0.256 e. The fourth-order valence-corrected chi connectivity index (χ4v) is 5.76. The molecule has 0 aliphatic carbocycles. The number of amides is 1. The van der Waals surface area contributed by atoms with Crippen molar-refractivity contribution in [2.45, 2.75) is 64.2 Å². The Morgan fingerprint density at radius 3 is 2.67 bits per heavy atom. The third-order valence-electron chi connectivity index (χ3n) is 6.71. The number of piperidine rings is 1. The Labute approximate surface area is 199 Å². The Morgan fingerprint density at radius 2 is 1.97 bits per heavy atom. The molecule has 2 N–H and O–H groups in total. The highest BCUT2D eigenvalue weighted by molar-refractivity contribution is 7.11. The lowest BCUT2D eigenvalue weighted by atomic mass is 9.93. The molecule has 2 aromatic heterocycles. The average Bonchev–Trinajstić information content (AvgIpc) is 3.42. The highest BCUT2D eigenvalue weighted by Gasteiger charge is 2.38. The monoisotopic (exact) mass is 464 g/mol. The van der Waals surface area contributed by atoms with Crippen molar-refractivity contribution in [1.29, 1.82) is 0 Å². The molecule has 8 heteroatoms. The molecule has 1 amide bonds. The number of carbonyl (C=O) groups excluding carboxylic acids is 1. The van der Waals surface area contributed by atoms with Crippen LogP contribution in [0.2, 0.25) is 0 Å². The third kappa shape index (κ3) is 4.68. The molecule has 0 saturated carbocycles. The molecule has 2 aliphatic heterocycles. The Hall–Kier alpha value is -2.71. The van der Waals surface area contributed by atoms with Gasteiger partial charge in [-0.15, -0.1) is 11.3 Å². The van der Waals surface area contributed by atoms with Crippen LogP contribution in [-0.4, -0.2) is 44.7 Å². The molecule has 1 atom stereocenters. The first-order valence-electron chi connectivity index (χ1n) is 11.7. The number of thiazole rings is 1. The van der Waals surface area contributed by atoms with Crippen LogP contribution in [0.4, 0.5) is 5.82 Å². The van der Waals surface area contributed by atoms with Crippen LogP contribution in [0, 0.1) is 6.92 Å². The Balaban J connectivity index is 1.24. The lowest BCUT2D eigenvalue weighted by Crippen LogP contribution is -2.44. The van der Waals surface area contributed by atoms with Crippen molar-refractivity contribution in [3.8, 4) is 0 Å². The normalized spacial score (nSPS) is 20.8. The van der Waals surface area contributed by atoms with Crippen molar-refractivity contribution in [3.05, 3.63) is 63.7 Å². The number of rotatable bonds is 5. The number of fused-ring (bicyclic) bond motifs is 1. The SMILES string of the molecule is Cc1cnc(C2CC(C)(C)n3ncc(C(=O)NC4CCN(Cc5ccccc5)CC4)c3N2)s1. The smallest absolute Gasteiger partial charge is 0.256 e. The van der Waals surface area contributed by atoms with E-state index in [4.69, 9.17) is 0 Å². The van der Waals surface area contributed by atoms with Gasteiger partial charge in [0.05, 0.1) is 17.8 Å². The molecule has 174 valence electrons. The summed E-state index contributed by atoms with van der Waals surface area (Å²) < 4.78 is 1.96. The number of nitrogens with one attached hydrogen (secondary N) is 2. The van der Waals surface area contributed by atoms with E-state index in [0.717, 1.165) is 49.7 Å². The van der Waals surface area contributed by atoms with Gasteiger partial charge in [0.2, 0.25) is 0 Å². The molecule has 1 saturated heterocycles. The van der Waals surface area contributed by atoms with Gasteiger partial charge in [0, 0.05) is 36.8 Å². The van der Waals surface area contributed by atoms with Crippen molar-refractivity contribution >= 4 is 23.1 Å². The van der Waals surface area contributed by atoms with E-state index in [1.807, 2.05) is 10.9 Å². The highest BCUT2D eigenvalue weighted by Crippen LogP contribution is 2.40. The van der Waals surface area contributed by atoms with E-state index in [9.17, 15) is 4.79 Å². The van der Waals surface area contributed by atoms with Gasteiger partial charge in [-0.25, -0.2) is 9.67 Å². The lowest BCUT2D eigenvalue weighted by Gasteiger charge is -2.37. The van der Waals surface area contributed by atoms with Crippen molar-refractivity contribution in [1.82, 2.24) is 25.0 Å². The number of hydrogen-bond acceptors (Lipinski definition) is 6. The predicted octanol–water partition coefficient (Wildman–Crippen LogP) is 4.33. The van der Waals surface area contributed by atoms with Crippen LogP contribution in [0.5, 0.6) is 0 Å². The van der Waals surface area contributed by atoms with Gasteiger partial charge < -0.3 is 10.6 Å². The summed E-state index contributed by atoms with van der Waals surface area (Å²) >= 11 is 1.71. The molecule has 0 spiro atoms. The standard InChI is InChI=1S/C25H32N6OS/c1-17-14-26-24(33-17)21-13-25(2,3)31-22(29-21)20(15-27-31)23(32)28-19-9-11-30(12-10-19)16-18-7-5-4-6-8-18/h4-8,14-15,19,21,29H,9-13,16H2,1-3H3,(H,28,32). The first-order chi connectivity index (χ1) is 15.9. The lowest BCUT2D eigenvalue weighted by molar-refractivity contribution is 0.0909. The molecule has 2 aliphatic rings. The Bertz CT molecular complexity index is 1110. The van der Waals surface area contributed by atoms with Crippen LogP contribution in [0.1, 0.15) is 65.0 Å². The number of benzene rings is 1. The molecule has 0 radical (unpaired) electrons. The van der Waals surface area contributed by atoms with E-state index in [2.05, 4.69) is 76.7 Å². The zero-order valence-corrected chi connectivity index (χ0v) is 20.4. The van der Waals surface area contributed by atoms with Crippen LogP contribution in [0.25, 0.3) is 0 Å². The fourth-order valence-electron chi connectivity index (χ4n) is 4.94. The van der Waals surface area contributed by atoms with Crippen molar-refractivity contribution in [3.63, 3.8) is 0 Å². The van der Waals surface area contributed by atoms with Gasteiger partial charge in [-0.05, 0) is 45.6 Å². The molecule has 5 rings (SSSR count). The molecular formula is C25H32N6OS. The molecule has 0 bridgehead atoms. The summed E-state index contributed by atoms with van der Waals surface area (Å²) in [6, 6.07) is 10.8. The summed E-state index contributed by atoms with van der Waals surface area (Å²) in [5, 5.41) is 12.5. The summed E-state index contributed by atoms with van der Waals surface area (Å²) in [6.07, 6.45) is 6.41. The van der Waals surface area contributed by atoms with Crippen molar-refractivity contribution < 1.29 is 4.79 Å². The van der Waals surface area contributed by atoms with E-state index >= 15 is 0 Å². The van der Waals surface area contributed by atoms with Gasteiger partial charge in [0.15, 0.2) is 0 Å². The predicted molar refractivity (Wildman–Crippen MR) is 132 cm³/mol. The van der Waals surface area contributed by atoms with Crippen LogP contribution < -0.4 is 10.6 Å². The van der Waals surface area contributed by atoms with Gasteiger partial charge >= 0.3 is 0 Å². The number of nitrogens with zero attached hydrogens (tertiary/aromatic N) is 4. The van der Waals surface area contributed by atoms with Crippen LogP contribution in [0.15, 0.2) is 42.7 Å². The van der Waals surface area contributed by atoms with E-state index in [1.165, 1.54) is 10.4 Å². The largest absolute Gasteiger partial charge is 0.360 e. The fraction of sp³-hybridized carbons (Fsp3) is 0.480. The summed E-state index contributed by atoms with van der Waals surface area (Å²) in [7, 11) is 0. The zero-order chi connectivity index (χ0) is 23.0. The quantitative estimate of drug-likeness (QED) is 0.588. The molecule has 3 aromatic rings. The van der Waals surface area contributed by atoms with Gasteiger partial charge in [0.1, 0.15) is 16.4 Å². The summed E-state index contributed by atoms with van der Waals surface area (Å²) in [6.45, 7) is 9.35. The summed E-state index contributed by atoms with van der Waals surface area (Å²) in [5.41, 5.74) is 1.75. The van der Waals surface area contributed by atoms with E-state index in [-0.39, 0.29) is 23.5 Å². The number of aromatic nitrogens is 3. The highest BCUT2D eigenvalue weighted by atomic mass is 32.1. The van der Waals surface area contributed by atoms with E-state index in [0.29, 0.717) is 5.56 Å². The maximum atomic E-state index is 13.2. The molecular weight excluding hydrogens is 432 g/mol. The number of anilines is 1. The first-order valence-corrected chi connectivity index (χ1v) is 12.6. The van der Waals surface area contributed by atoms with E-state index < -0.39 is 0 Å². The van der Waals surface area contributed by atoms with Gasteiger partial charge in [-0.2, -0.15) is 5.10 Å². The van der Waals surface area contributed by atoms with Crippen molar-refractivity contribution in [2.75, 3.05) is 18.4 Å². The third-order valence-corrected chi connectivity index (χ3v) is 7.74. The van der Waals surface area contributed by atoms with Gasteiger partial charge in [-0.3, -0.25) is 9.69 Å². The number of carbonyl (C=O) groups is 1. The van der Waals surface area contributed by atoms with Crippen LogP contribution in [-0.2, 0) is 12.1 Å². The number of aryl methyl sites for hydroxylation is 1.